The van der Waals surface area contributed by atoms with Crippen LogP contribution in [0.1, 0.15) is 27.3 Å². The van der Waals surface area contributed by atoms with Crippen molar-refractivity contribution in [1.29, 1.82) is 0 Å². The molecule has 1 amide bonds. The molecule has 0 spiro atoms. The molecule has 6 nitrogen and oxygen atoms in total. The minimum Gasteiger partial charge on any atom is -0.320 e. The van der Waals surface area contributed by atoms with Crippen molar-refractivity contribution in [3.05, 3.63) is 63.0 Å². The summed E-state index contributed by atoms with van der Waals surface area (Å²) >= 11 is 0. The van der Waals surface area contributed by atoms with E-state index in [1.165, 1.54) is 0 Å². The topological polar surface area (TPSA) is 85.1 Å². The van der Waals surface area contributed by atoms with E-state index in [2.05, 4.69) is 10.3 Å². The molecular formula is C15H15N3O3. The van der Waals surface area contributed by atoms with Gasteiger partial charge in [-0.2, -0.15) is 0 Å². The Morgan fingerprint density at radius 3 is 2.33 bits per heavy atom. The maximum atomic E-state index is 12.2. The normalized spacial score (nSPS) is 10.2. The molecule has 108 valence electrons. The lowest BCUT2D eigenvalue weighted by Crippen LogP contribution is -2.15. The molecule has 21 heavy (non-hydrogen) atoms. The van der Waals surface area contributed by atoms with Crippen LogP contribution in [0.2, 0.25) is 0 Å². The molecule has 0 saturated carbocycles. The van der Waals surface area contributed by atoms with Crippen molar-refractivity contribution in [2.75, 3.05) is 5.32 Å². The molecule has 0 atom stereocenters. The number of carbonyl (C=O) groups is 1. The predicted molar refractivity (Wildman–Crippen MR) is 79.5 cm³/mol. The summed E-state index contributed by atoms with van der Waals surface area (Å²) in [6.45, 7) is 4.91. The number of pyridine rings is 1. The Bertz CT molecular complexity index is 712. The number of rotatable bonds is 3. The van der Waals surface area contributed by atoms with E-state index in [1.54, 1.807) is 45.0 Å². The molecule has 2 rings (SSSR count). The van der Waals surface area contributed by atoms with Gasteiger partial charge in [-0.3, -0.25) is 14.9 Å². The third-order valence-corrected chi connectivity index (χ3v) is 3.23. The highest BCUT2D eigenvalue weighted by atomic mass is 16.6. The Morgan fingerprint density at radius 1 is 1.14 bits per heavy atom. The van der Waals surface area contributed by atoms with Crippen LogP contribution in [0.3, 0.4) is 0 Å². The minimum absolute atomic E-state index is 0.0658. The Morgan fingerprint density at radius 2 is 1.76 bits per heavy atom. The molecule has 0 unspecified atom stereocenters. The molecule has 0 fully saturated rings. The number of hydrogen-bond donors (Lipinski definition) is 1. The highest BCUT2D eigenvalue weighted by molar-refractivity contribution is 6.05. The maximum Gasteiger partial charge on any atom is 0.295 e. The van der Waals surface area contributed by atoms with E-state index in [0.29, 0.717) is 28.2 Å². The van der Waals surface area contributed by atoms with Crippen molar-refractivity contribution in [1.82, 2.24) is 4.98 Å². The molecule has 0 aliphatic carbocycles. The zero-order valence-electron chi connectivity index (χ0n) is 12.0. The summed E-state index contributed by atoms with van der Waals surface area (Å²) in [5.74, 6) is -0.318. The van der Waals surface area contributed by atoms with Crippen molar-refractivity contribution in [3.8, 4) is 0 Å². The van der Waals surface area contributed by atoms with Crippen LogP contribution in [0.5, 0.6) is 0 Å². The van der Waals surface area contributed by atoms with Crippen LogP contribution < -0.4 is 5.32 Å². The first-order valence-corrected chi connectivity index (χ1v) is 6.40. The summed E-state index contributed by atoms with van der Waals surface area (Å²) in [5, 5.41) is 13.8. The van der Waals surface area contributed by atoms with Crippen molar-refractivity contribution in [3.63, 3.8) is 0 Å². The fraction of sp³-hybridized carbons (Fsp3) is 0.200. The second-order valence-corrected chi connectivity index (χ2v) is 4.71. The third kappa shape index (κ3) is 2.89. The van der Waals surface area contributed by atoms with Crippen LogP contribution in [0.25, 0.3) is 0 Å². The first-order valence-electron chi connectivity index (χ1n) is 6.40. The number of nitro groups is 1. The maximum absolute atomic E-state index is 12.2. The molecule has 0 saturated heterocycles. The lowest BCUT2D eigenvalue weighted by Gasteiger charge is -2.12. The van der Waals surface area contributed by atoms with Crippen LogP contribution >= 0.6 is 0 Å². The van der Waals surface area contributed by atoms with Gasteiger partial charge in [-0.25, -0.2) is 4.98 Å². The molecule has 6 heteroatoms. The molecule has 0 bridgehead atoms. The van der Waals surface area contributed by atoms with E-state index in [9.17, 15) is 14.9 Å². The van der Waals surface area contributed by atoms with Gasteiger partial charge in [0, 0.05) is 5.56 Å². The number of hydrogen-bond acceptors (Lipinski definition) is 4. The van der Waals surface area contributed by atoms with Crippen LogP contribution in [-0.2, 0) is 0 Å². The smallest absolute Gasteiger partial charge is 0.295 e. The van der Waals surface area contributed by atoms with Crippen LogP contribution in [-0.4, -0.2) is 15.8 Å². The van der Waals surface area contributed by atoms with E-state index in [0.717, 1.165) is 0 Å². The number of aromatic nitrogens is 1. The highest BCUT2D eigenvalue weighted by Crippen LogP contribution is 2.30. The molecule has 1 N–H and O–H groups in total. The van der Waals surface area contributed by atoms with Gasteiger partial charge in [-0.05, 0) is 32.9 Å². The van der Waals surface area contributed by atoms with Crippen LogP contribution in [0.15, 0.2) is 30.3 Å². The fourth-order valence-corrected chi connectivity index (χ4v) is 2.25. The Kier molecular flexibility index (Phi) is 3.98. The van der Waals surface area contributed by atoms with Crippen molar-refractivity contribution in [2.24, 2.45) is 0 Å². The molecule has 1 aromatic heterocycles. The Labute approximate surface area is 122 Å². The van der Waals surface area contributed by atoms with E-state index < -0.39 is 4.92 Å². The number of amides is 1. The third-order valence-electron chi connectivity index (χ3n) is 3.23. The van der Waals surface area contributed by atoms with Crippen LogP contribution in [0, 0.1) is 30.9 Å². The SMILES string of the molecule is Cc1nc(C)c([N+](=O)[O-])c(C)c1NC(=O)c1ccccc1. The summed E-state index contributed by atoms with van der Waals surface area (Å²) in [7, 11) is 0. The molecule has 0 aliphatic heterocycles. The summed E-state index contributed by atoms with van der Waals surface area (Å²) in [6.07, 6.45) is 0. The molecule has 0 aliphatic rings. The summed E-state index contributed by atoms with van der Waals surface area (Å²) < 4.78 is 0. The summed E-state index contributed by atoms with van der Waals surface area (Å²) in [5.41, 5.74) is 2.12. The van der Waals surface area contributed by atoms with Gasteiger partial charge in [0.25, 0.3) is 11.6 Å². The Hall–Kier alpha value is -2.76. The highest BCUT2D eigenvalue weighted by Gasteiger charge is 2.22. The molecule has 1 heterocycles. The second kappa shape index (κ2) is 5.70. The standard InChI is InChI=1S/C15H15N3O3/c1-9-13(10(2)16-11(3)14(9)18(20)21)17-15(19)12-7-5-4-6-8-12/h4-8H,1-3H3,(H,17,19). The van der Waals surface area contributed by atoms with Gasteiger partial charge in [-0.1, -0.05) is 18.2 Å². The molecule has 2 aromatic rings. The number of aryl methyl sites for hydroxylation is 2. The second-order valence-electron chi connectivity index (χ2n) is 4.71. The van der Waals surface area contributed by atoms with Gasteiger partial charge in [0.15, 0.2) is 0 Å². The predicted octanol–water partition coefficient (Wildman–Crippen LogP) is 3.17. The summed E-state index contributed by atoms with van der Waals surface area (Å²) in [4.78, 5) is 27.0. The van der Waals surface area contributed by atoms with Crippen LogP contribution in [0.4, 0.5) is 11.4 Å². The molecule has 0 radical (unpaired) electrons. The lowest BCUT2D eigenvalue weighted by molar-refractivity contribution is -0.386. The lowest BCUT2D eigenvalue weighted by atomic mass is 10.1. The van der Waals surface area contributed by atoms with E-state index in [-0.39, 0.29) is 11.6 Å². The van der Waals surface area contributed by atoms with Gasteiger partial charge in [0.05, 0.1) is 21.9 Å². The average molecular weight is 285 g/mol. The van der Waals surface area contributed by atoms with Gasteiger partial charge >= 0.3 is 0 Å². The Balaban J connectivity index is 2.43. The van der Waals surface area contributed by atoms with Gasteiger partial charge in [0.1, 0.15) is 5.69 Å². The molecule has 1 aromatic carbocycles. The number of anilines is 1. The van der Waals surface area contributed by atoms with E-state index >= 15 is 0 Å². The number of benzene rings is 1. The average Bonchev–Trinajstić information content (AvgIpc) is 2.43. The first kappa shape index (κ1) is 14.6. The van der Waals surface area contributed by atoms with Gasteiger partial charge in [-0.15, -0.1) is 0 Å². The zero-order valence-corrected chi connectivity index (χ0v) is 12.0. The first-order chi connectivity index (χ1) is 9.91. The van der Waals surface area contributed by atoms with Gasteiger partial charge < -0.3 is 5.32 Å². The van der Waals surface area contributed by atoms with E-state index in [1.807, 2.05) is 6.07 Å². The minimum atomic E-state index is -0.477. The van der Waals surface area contributed by atoms with Crippen molar-refractivity contribution >= 4 is 17.3 Å². The van der Waals surface area contributed by atoms with E-state index in [4.69, 9.17) is 0 Å². The largest absolute Gasteiger partial charge is 0.320 e. The number of carbonyl (C=O) groups excluding carboxylic acids is 1. The molecular weight excluding hydrogens is 270 g/mol. The van der Waals surface area contributed by atoms with Gasteiger partial charge in [0.2, 0.25) is 0 Å². The quantitative estimate of drug-likeness (QED) is 0.693. The zero-order chi connectivity index (χ0) is 15.6. The van der Waals surface area contributed by atoms with Crippen molar-refractivity contribution < 1.29 is 9.72 Å². The number of nitrogens with zero attached hydrogens (tertiary/aromatic N) is 2. The summed E-state index contributed by atoms with van der Waals surface area (Å²) in [6, 6.07) is 8.67. The fourth-order valence-electron chi connectivity index (χ4n) is 2.25. The van der Waals surface area contributed by atoms with Crippen molar-refractivity contribution in [2.45, 2.75) is 20.8 Å². The number of nitrogens with one attached hydrogen (secondary N) is 1. The monoisotopic (exact) mass is 285 g/mol.